The second kappa shape index (κ2) is 4.71. The maximum absolute atomic E-state index is 8.77. The summed E-state index contributed by atoms with van der Waals surface area (Å²) in [6.45, 7) is 0. The minimum atomic E-state index is 0.484. The highest BCUT2D eigenvalue weighted by atomic mass is 14.9. The monoisotopic (exact) mass is 213 g/mol. The first kappa shape index (κ1) is 10.6. The Kier molecular flexibility index (Phi) is 3.11. The van der Waals surface area contributed by atoms with Crippen LogP contribution < -0.4 is 11.1 Å². The van der Waals surface area contributed by atoms with Crippen molar-refractivity contribution >= 4 is 11.4 Å². The first-order valence-corrected chi connectivity index (χ1v) is 5.51. The van der Waals surface area contributed by atoms with Crippen LogP contribution in [0.25, 0.3) is 0 Å². The number of anilines is 2. The van der Waals surface area contributed by atoms with Gasteiger partial charge in [0.25, 0.3) is 0 Å². The molecule has 1 aromatic rings. The molecule has 0 fully saturated rings. The van der Waals surface area contributed by atoms with Gasteiger partial charge in [0, 0.05) is 11.7 Å². The summed E-state index contributed by atoms with van der Waals surface area (Å²) in [5, 5.41) is 12.2. The molecule has 1 atom stereocenters. The van der Waals surface area contributed by atoms with Crippen LogP contribution in [0.3, 0.4) is 0 Å². The Labute approximate surface area is 95.6 Å². The molecule has 16 heavy (non-hydrogen) atoms. The summed E-state index contributed by atoms with van der Waals surface area (Å²) in [5.74, 6) is 0. The third-order valence-corrected chi connectivity index (χ3v) is 2.81. The van der Waals surface area contributed by atoms with Crippen molar-refractivity contribution in [2.24, 2.45) is 0 Å². The Morgan fingerprint density at radius 3 is 2.88 bits per heavy atom. The van der Waals surface area contributed by atoms with Gasteiger partial charge < -0.3 is 11.1 Å². The molecule has 0 saturated heterocycles. The lowest BCUT2D eigenvalue weighted by molar-refractivity contribution is 0.645. The number of benzene rings is 1. The van der Waals surface area contributed by atoms with Gasteiger partial charge in [0.15, 0.2) is 0 Å². The molecular formula is C13H15N3. The highest BCUT2D eigenvalue weighted by Crippen LogP contribution is 2.21. The van der Waals surface area contributed by atoms with E-state index in [1.807, 2.05) is 12.1 Å². The van der Waals surface area contributed by atoms with E-state index < -0.39 is 0 Å². The fourth-order valence-electron chi connectivity index (χ4n) is 1.91. The second-order valence-electron chi connectivity index (χ2n) is 4.04. The number of hydrogen-bond donors (Lipinski definition) is 2. The lowest BCUT2D eigenvalue weighted by Gasteiger charge is -2.20. The molecule has 1 aliphatic carbocycles. The average Bonchev–Trinajstić information content (AvgIpc) is 2.31. The molecule has 0 amide bonds. The lowest BCUT2D eigenvalue weighted by atomic mass is 10.0. The van der Waals surface area contributed by atoms with Gasteiger partial charge in [-0.25, -0.2) is 0 Å². The van der Waals surface area contributed by atoms with Crippen molar-refractivity contribution in [3.8, 4) is 6.07 Å². The van der Waals surface area contributed by atoms with Gasteiger partial charge in [0.05, 0.1) is 11.3 Å². The Hall–Kier alpha value is -1.95. The first-order chi connectivity index (χ1) is 7.79. The van der Waals surface area contributed by atoms with Gasteiger partial charge in [0.1, 0.15) is 6.07 Å². The molecule has 3 N–H and O–H groups in total. The topological polar surface area (TPSA) is 61.8 Å². The molecule has 82 valence electrons. The predicted octanol–water partition coefficient (Wildman–Crippen LogP) is 2.66. The molecule has 1 aliphatic rings. The maximum atomic E-state index is 8.77. The van der Waals surface area contributed by atoms with Gasteiger partial charge >= 0.3 is 0 Å². The molecule has 1 unspecified atom stereocenters. The summed E-state index contributed by atoms with van der Waals surface area (Å²) in [7, 11) is 0. The van der Waals surface area contributed by atoms with E-state index in [0.717, 1.165) is 24.9 Å². The molecular weight excluding hydrogens is 198 g/mol. The van der Waals surface area contributed by atoms with Crippen LogP contribution >= 0.6 is 0 Å². The molecule has 0 bridgehead atoms. The fourth-order valence-corrected chi connectivity index (χ4v) is 1.91. The SMILES string of the molecule is N#Cc1ccc(NC2CC=CCC2)cc1N. The standard InChI is InChI=1S/C13H15N3/c14-9-10-6-7-12(8-13(10)15)16-11-4-2-1-3-5-11/h1-2,6-8,11,16H,3-5,15H2. The number of hydrogen-bond acceptors (Lipinski definition) is 3. The molecule has 0 radical (unpaired) electrons. The van der Waals surface area contributed by atoms with Crippen LogP contribution in [0.2, 0.25) is 0 Å². The highest BCUT2D eigenvalue weighted by Gasteiger charge is 2.09. The van der Waals surface area contributed by atoms with E-state index in [0.29, 0.717) is 17.3 Å². The predicted molar refractivity (Wildman–Crippen MR) is 66.0 cm³/mol. The summed E-state index contributed by atoms with van der Waals surface area (Å²) in [6, 6.07) is 8.05. The van der Waals surface area contributed by atoms with Crippen LogP contribution in [0, 0.1) is 11.3 Å². The van der Waals surface area contributed by atoms with Gasteiger partial charge in [-0.05, 0) is 37.5 Å². The van der Waals surface area contributed by atoms with Gasteiger partial charge in [-0.15, -0.1) is 0 Å². The van der Waals surface area contributed by atoms with Gasteiger partial charge in [-0.3, -0.25) is 0 Å². The molecule has 3 heteroatoms. The third kappa shape index (κ3) is 2.34. The zero-order valence-corrected chi connectivity index (χ0v) is 9.11. The normalized spacial score (nSPS) is 19.1. The molecule has 3 nitrogen and oxygen atoms in total. The van der Waals surface area contributed by atoms with Crippen LogP contribution in [0.1, 0.15) is 24.8 Å². The summed E-state index contributed by atoms with van der Waals surface area (Å²) in [4.78, 5) is 0. The zero-order chi connectivity index (χ0) is 11.4. The Balaban J connectivity index is 2.07. The molecule has 0 aromatic heterocycles. The van der Waals surface area contributed by atoms with Crippen LogP contribution in [0.15, 0.2) is 30.4 Å². The molecule has 0 aliphatic heterocycles. The van der Waals surface area contributed by atoms with Crippen molar-refractivity contribution in [3.05, 3.63) is 35.9 Å². The number of rotatable bonds is 2. The summed E-state index contributed by atoms with van der Waals surface area (Å²) < 4.78 is 0. The number of allylic oxidation sites excluding steroid dienone is 1. The van der Waals surface area contributed by atoms with Crippen molar-refractivity contribution in [1.29, 1.82) is 5.26 Å². The van der Waals surface area contributed by atoms with E-state index in [2.05, 4.69) is 23.5 Å². The molecule has 0 heterocycles. The van der Waals surface area contributed by atoms with E-state index >= 15 is 0 Å². The van der Waals surface area contributed by atoms with Crippen LogP contribution in [0.5, 0.6) is 0 Å². The molecule has 1 aromatic carbocycles. The largest absolute Gasteiger partial charge is 0.398 e. The van der Waals surface area contributed by atoms with E-state index in [1.54, 1.807) is 6.07 Å². The van der Waals surface area contributed by atoms with E-state index in [9.17, 15) is 0 Å². The highest BCUT2D eigenvalue weighted by molar-refractivity contribution is 5.62. The Bertz CT molecular complexity index is 443. The number of nitrogen functional groups attached to an aromatic ring is 1. The zero-order valence-electron chi connectivity index (χ0n) is 9.11. The minimum absolute atomic E-state index is 0.484. The Morgan fingerprint density at radius 2 is 2.25 bits per heavy atom. The number of nitrogens with two attached hydrogens (primary N) is 1. The number of nitriles is 1. The van der Waals surface area contributed by atoms with E-state index in [1.165, 1.54) is 0 Å². The molecule has 0 saturated carbocycles. The first-order valence-electron chi connectivity index (χ1n) is 5.51. The van der Waals surface area contributed by atoms with Crippen molar-refractivity contribution in [3.63, 3.8) is 0 Å². The van der Waals surface area contributed by atoms with Gasteiger partial charge in [-0.1, -0.05) is 12.2 Å². The average molecular weight is 213 g/mol. The number of nitrogens with one attached hydrogen (secondary N) is 1. The fraction of sp³-hybridized carbons (Fsp3) is 0.308. The van der Waals surface area contributed by atoms with Crippen molar-refractivity contribution in [1.82, 2.24) is 0 Å². The van der Waals surface area contributed by atoms with Crippen molar-refractivity contribution < 1.29 is 0 Å². The smallest absolute Gasteiger partial charge is 0.101 e. The quantitative estimate of drug-likeness (QED) is 0.586. The lowest BCUT2D eigenvalue weighted by Crippen LogP contribution is -2.20. The third-order valence-electron chi connectivity index (χ3n) is 2.81. The summed E-state index contributed by atoms with van der Waals surface area (Å²) in [6.07, 6.45) is 7.75. The van der Waals surface area contributed by atoms with Gasteiger partial charge in [-0.2, -0.15) is 5.26 Å². The summed E-state index contributed by atoms with van der Waals surface area (Å²) >= 11 is 0. The maximum Gasteiger partial charge on any atom is 0.101 e. The molecule has 2 rings (SSSR count). The van der Waals surface area contributed by atoms with Crippen LogP contribution in [-0.2, 0) is 0 Å². The molecule has 0 spiro atoms. The minimum Gasteiger partial charge on any atom is -0.398 e. The van der Waals surface area contributed by atoms with Crippen LogP contribution in [-0.4, -0.2) is 6.04 Å². The van der Waals surface area contributed by atoms with E-state index in [-0.39, 0.29) is 0 Å². The number of nitrogens with zero attached hydrogens (tertiary/aromatic N) is 1. The summed E-state index contributed by atoms with van der Waals surface area (Å²) in [5.41, 5.74) is 7.83. The van der Waals surface area contributed by atoms with E-state index in [4.69, 9.17) is 11.0 Å². The van der Waals surface area contributed by atoms with Gasteiger partial charge in [0.2, 0.25) is 0 Å². The second-order valence-corrected chi connectivity index (χ2v) is 4.04. The van der Waals surface area contributed by atoms with Crippen molar-refractivity contribution in [2.45, 2.75) is 25.3 Å². The van der Waals surface area contributed by atoms with Crippen LogP contribution in [0.4, 0.5) is 11.4 Å². The van der Waals surface area contributed by atoms with Crippen molar-refractivity contribution in [2.75, 3.05) is 11.1 Å². The Morgan fingerprint density at radius 1 is 1.38 bits per heavy atom.